The molecule has 0 saturated heterocycles. The maximum atomic E-state index is 13.2. The van der Waals surface area contributed by atoms with E-state index in [1.165, 1.54) is 4.88 Å². The number of aromatic amines is 1. The van der Waals surface area contributed by atoms with Crippen molar-refractivity contribution in [3.63, 3.8) is 0 Å². The number of ether oxygens (including phenoxy) is 1. The van der Waals surface area contributed by atoms with Gasteiger partial charge in [-0.3, -0.25) is 0 Å². The largest absolute Gasteiger partial charge is 0.451 e. The summed E-state index contributed by atoms with van der Waals surface area (Å²) in [6.07, 6.45) is -0.957. The molecule has 1 aliphatic heterocycles. The second kappa shape index (κ2) is 8.37. The van der Waals surface area contributed by atoms with Crippen LogP contribution in [0.1, 0.15) is 35.6 Å². The van der Waals surface area contributed by atoms with Gasteiger partial charge in [-0.1, -0.05) is 13.3 Å². The molecule has 9 nitrogen and oxygen atoms in total. The number of hydrogen-bond donors (Lipinski definition) is 1. The van der Waals surface area contributed by atoms with E-state index in [0.29, 0.717) is 30.6 Å². The average Bonchev–Trinajstić information content (AvgIpc) is 3.50. The topological polar surface area (TPSA) is 97.6 Å². The molecule has 5 rings (SSSR count). The van der Waals surface area contributed by atoms with Gasteiger partial charge in [-0.05, 0) is 12.5 Å². The van der Waals surface area contributed by atoms with Gasteiger partial charge in [-0.25, -0.2) is 15.0 Å². The summed E-state index contributed by atoms with van der Waals surface area (Å²) in [6.45, 7) is 3.11. The minimum absolute atomic E-state index is 0.114. The summed E-state index contributed by atoms with van der Waals surface area (Å²) in [4.78, 5) is 21.0. The average molecular weight is 479 g/mol. The number of alkyl halides is 3. The van der Waals surface area contributed by atoms with Crippen LogP contribution in [0.15, 0.2) is 12.3 Å². The zero-order valence-corrected chi connectivity index (χ0v) is 18.8. The summed E-state index contributed by atoms with van der Waals surface area (Å²) in [5.74, 6) is 0.878. The molecule has 0 radical (unpaired) electrons. The highest BCUT2D eigenvalue weighted by molar-refractivity contribution is 7.18. The number of halogens is 3. The first-order valence-corrected chi connectivity index (χ1v) is 11.3. The molecule has 0 spiro atoms. The van der Waals surface area contributed by atoms with Gasteiger partial charge in [0.05, 0.1) is 30.4 Å². The fourth-order valence-corrected chi connectivity index (χ4v) is 5.05. The van der Waals surface area contributed by atoms with E-state index in [9.17, 15) is 13.2 Å². The predicted octanol–water partition coefficient (Wildman–Crippen LogP) is 3.81. The van der Waals surface area contributed by atoms with Crippen LogP contribution in [0.25, 0.3) is 21.9 Å². The van der Waals surface area contributed by atoms with Gasteiger partial charge in [0.2, 0.25) is 5.82 Å². The van der Waals surface area contributed by atoms with Gasteiger partial charge in [0.25, 0.3) is 0 Å². The lowest BCUT2D eigenvalue weighted by atomic mass is 10.2. The van der Waals surface area contributed by atoms with E-state index in [0.717, 1.165) is 33.3 Å². The van der Waals surface area contributed by atoms with Gasteiger partial charge in [0.15, 0.2) is 17.5 Å². The Hall–Kier alpha value is -3.06. The summed E-state index contributed by atoms with van der Waals surface area (Å²) >= 11 is 1.59. The van der Waals surface area contributed by atoms with Crippen molar-refractivity contribution >= 4 is 27.4 Å². The van der Waals surface area contributed by atoms with Crippen molar-refractivity contribution < 1.29 is 17.9 Å². The number of nitrogens with zero attached hydrogens (tertiary/aromatic N) is 7. The van der Waals surface area contributed by atoms with Gasteiger partial charge in [0, 0.05) is 25.1 Å². The Labute approximate surface area is 190 Å². The van der Waals surface area contributed by atoms with Gasteiger partial charge in [-0.2, -0.15) is 13.2 Å². The molecule has 4 aromatic rings. The van der Waals surface area contributed by atoms with Crippen LogP contribution in [-0.2, 0) is 37.0 Å². The molecule has 0 aromatic carbocycles. The van der Waals surface area contributed by atoms with E-state index in [1.807, 2.05) is 4.90 Å². The third kappa shape index (κ3) is 4.06. The molecule has 33 heavy (non-hydrogen) atoms. The van der Waals surface area contributed by atoms with E-state index >= 15 is 0 Å². The molecule has 1 aliphatic rings. The molecule has 13 heteroatoms. The number of hydrogen-bond acceptors (Lipinski definition) is 8. The molecule has 0 saturated carbocycles. The molecule has 4 aromatic heterocycles. The van der Waals surface area contributed by atoms with Crippen molar-refractivity contribution in [1.29, 1.82) is 0 Å². The Bertz CT molecular complexity index is 1290. The Kier molecular flexibility index (Phi) is 5.52. The molecule has 0 bridgehead atoms. The number of imidazole rings is 1. The minimum Gasteiger partial charge on any atom is -0.378 e. The lowest BCUT2D eigenvalue weighted by Gasteiger charge is -2.29. The molecule has 174 valence electrons. The standard InChI is InChI=1S/C20H21F3N8OS/c1-3-4-12-7-13-17(30-5-6-31-14(9-30)28-29-19(31)20(21,22)23)26-16(27-18(13)33-12)15-24-8-11(25-15)10-32-2/h7-8H,3-6,9-10H2,1-2H3,(H,24,25). The molecular formula is C20H21F3N8OS. The van der Waals surface area contributed by atoms with Crippen LogP contribution in [0.3, 0.4) is 0 Å². The Balaban J connectivity index is 1.56. The first kappa shape index (κ1) is 21.8. The highest BCUT2D eigenvalue weighted by atomic mass is 32.1. The Morgan fingerprint density at radius 2 is 2.06 bits per heavy atom. The maximum Gasteiger partial charge on any atom is 0.451 e. The zero-order valence-electron chi connectivity index (χ0n) is 18.0. The SMILES string of the molecule is CCCc1cc2c(N3CCn4c(nnc4C(F)(F)F)C3)nc(-c3ncc(COC)[nH]3)nc2s1. The number of nitrogens with one attached hydrogen (secondary N) is 1. The van der Waals surface area contributed by atoms with Gasteiger partial charge >= 0.3 is 6.18 Å². The summed E-state index contributed by atoms with van der Waals surface area (Å²) in [7, 11) is 1.60. The van der Waals surface area contributed by atoms with Crippen molar-refractivity contribution in [2.75, 3.05) is 18.6 Å². The number of aromatic nitrogens is 7. The number of fused-ring (bicyclic) bond motifs is 2. The summed E-state index contributed by atoms with van der Waals surface area (Å²) in [6, 6.07) is 2.07. The van der Waals surface area contributed by atoms with E-state index < -0.39 is 12.0 Å². The van der Waals surface area contributed by atoms with Gasteiger partial charge in [-0.15, -0.1) is 21.5 Å². The molecule has 1 N–H and O–H groups in total. The maximum absolute atomic E-state index is 13.2. The van der Waals surface area contributed by atoms with Crippen molar-refractivity contribution in [3.8, 4) is 11.6 Å². The normalized spacial score (nSPS) is 14.3. The Morgan fingerprint density at radius 3 is 2.82 bits per heavy atom. The third-order valence-corrected chi connectivity index (χ3v) is 6.46. The molecule has 0 fully saturated rings. The van der Waals surface area contributed by atoms with E-state index in [1.54, 1.807) is 24.6 Å². The Morgan fingerprint density at radius 1 is 1.21 bits per heavy atom. The van der Waals surface area contributed by atoms with Crippen LogP contribution < -0.4 is 4.90 Å². The van der Waals surface area contributed by atoms with E-state index in [4.69, 9.17) is 14.7 Å². The quantitative estimate of drug-likeness (QED) is 0.450. The number of rotatable bonds is 6. The summed E-state index contributed by atoms with van der Waals surface area (Å²) in [5.41, 5.74) is 0.793. The van der Waals surface area contributed by atoms with Crippen molar-refractivity contribution in [3.05, 3.63) is 34.5 Å². The minimum atomic E-state index is -4.54. The predicted molar refractivity (Wildman–Crippen MR) is 116 cm³/mol. The second-order valence-corrected chi connectivity index (χ2v) is 8.87. The molecule has 0 aliphatic carbocycles. The van der Waals surface area contributed by atoms with Gasteiger partial charge < -0.3 is 19.2 Å². The van der Waals surface area contributed by atoms with Gasteiger partial charge in [0.1, 0.15) is 10.6 Å². The van der Waals surface area contributed by atoms with Crippen LogP contribution in [-0.4, -0.2) is 48.4 Å². The fourth-order valence-electron chi connectivity index (χ4n) is 3.92. The number of H-pyrrole nitrogens is 1. The zero-order chi connectivity index (χ0) is 23.2. The first-order chi connectivity index (χ1) is 15.9. The van der Waals surface area contributed by atoms with Crippen LogP contribution >= 0.6 is 11.3 Å². The lowest BCUT2D eigenvalue weighted by molar-refractivity contribution is -0.147. The molecule has 0 amide bonds. The molecule has 5 heterocycles. The third-order valence-electron chi connectivity index (χ3n) is 5.37. The monoisotopic (exact) mass is 478 g/mol. The number of thiophene rings is 1. The lowest BCUT2D eigenvalue weighted by Crippen LogP contribution is -2.36. The number of aryl methyl sites for hydroxylation is 1. The van der Waals surface area contributed by atoms with Crippen LogP contribution in [0.5, 0.6) is 0 Å². The smallest absolute Gasteiger partial charge is 0.378 e. The summed E-state index contributed by atoms with van der Waals surface area (Å²) < 4.78 is 46.0. The number of anilines is 1. The second-order valence-electron chi connectivity index (χ2n) is 7.75. The first-order valence-electron chi connectivity index (χ1n) is 10.4. The number of methoxy groups -OCH3 is 1. The molecule has 0 unspecified atom stereocenters. The van der Waals surface area contributed by atoms with Crippen molar-refractivity contribution in [2.45, 2.75) is 45.6 Å². The van der Waals surface area contributed by atoms with Crippen molar-refractivity contribution in [2.24, 2.45) is 0 Å². The van der Waals surface area contributed by atoms with Crippen LogP contribution in [0.4, 0.5) is 19.0 Å². The summed E-state index contributed by atoms with van der Waals surface area (Å²) in [5, 5.41) is 8.05. The van der Waals surface area contributed by atoms with Crippen LogP contribution in [0, 0.1) is 0 Å². The van der Waals surface area contributed by atoms with E-state index in [-0.39, 0.29) is 18.9 Å². The van der Waals surface area contributed by atoms with Crippen molar-refractivity contribution in [1.82, 2.24) is 34.7 Å². The highest BCUT2D eigenvalue weighted by Crippen LogP contribution is 2.36. The van der Waals surface area contributed by atoms with Crippen LogP contribution in [0.2, 0.25) is 0 Å². The fraction of sp³-hybridized carbons (Fsp3) is 0.450. The highest BCUT2D eigenvalue weighted by Gasteiger charge is 2.39. The molecule has 0 atom stereocenters. The van der Waals surface area contributed by atoms with E-state index in [2.05, 4.69) is 33.2 Å². The molecular weight excluding hydrogens is 457 g/mol.